The van der Waals surface area contributed by atoms with Gasteiger partial charge in [-0.25, -0.2) is 8.42 Å². The van der Waals surface area contributed by atoms with E-state index >= 15 is 0 Å². The Labute approximate surface area is 120 Å². The molecule has 0 aliphatic carbocycles. The first-order chi connectivity index (χ1) is 9.62. The highest BCUT2D eigenvalue weighted by Crippen LogP contribution is 2.17. The summed E-state index contributed by atoms with van der Waals surface area (Å²) in [6.07, 6.45) is 3.24. The number of nitrogens with one attached hydrogen (secondary N) is 1. The molecule has 0 saturated heterocycles. The van der Waals surface area contributed by atoms with E-state index in [2.05, 4.69) is 11.6 Å². The third kappa shape index (κ3) is 3.84. The number of hydrogen-bond acceptors (Lipinski definition) is 2. The van der Waals surface area contributed by atoms with Gasteiger partial charge >= 0.3 is 0 Å². The molecule has 0 aliphatic heterocycles. The lowest BCUT2D eigenvalue weighted by molar-refractivity contribution is 0.601. The van der Waals surface area contributed by atoms with Crippen LogP contribution in [-0.4, -0.2) is 8.42 Å². The molecule has 0 aliphatic rings. The molecule has 0 saturated carbocycles. The van der Waals surface area contributed by atoms with Gasteiger partial charge in [-0.1, -0.05) is 43.7 Å². The first-order valence-electron chi connectivity index (χ1n) is 6.78. The minimum atomic E-state index is -3.50. The van der Waals surface area contributed by atoms with Gasteiger partial charge in [-0.2, -0.15) is 0 Å². The van der Waals surface area contributed by atoms with Crippen LogP contribution in [0.25, 0.3) is 0 Å². The van der Waals surface area contributed by atoms with Gasteiger partial charge < -0.3 is 0 Å². The Morgan fingerprint density at radius 1 is 0.950 bits per heavy atom. The van der Waals surface area contributed by atoms with E-state index in [0.717, 1.165) is 19.3 Å². The lowest BCUT2D eigenvalue weighted by atomic mass is 10.1. The fourth-order valence-corrected chi connectivity index (χ4v) is 3.00. The number of sulfonamides is 1. The van der Waals surface area contributed by atoms with Crippen LogP contribution in [0.15, 0.2) is 59.5 Å². The zero-order valence-corrected chi connectivity index (χ0v) is 12.4. The van der Waals surface area contributed by atoms with Crippen LogP contribution in [0.2, 0.25) is 0 Å². The van der Waals surface area contributed by atoms with E-state index in [1.165, 1.54) is 5.56 Å². The van der Waals surface area contributed by atoms with Gasteiger partial charge in [-0.05, 0) is 42.7 Å². The predicted molar refractivity (Wildman–Crippen MR) is 82.3 cm³/mol. The number of rotatable bonds is 6. The zero-order chi connectivity index (χ0) is 14.4. The lowest BCUT2D eigenvalue weighted by Gasteiger charge is -2.08. The van der Waals surface area contributed by atoms with Crippen molar-refractivity contribution in [3.05, 3.63) is 60.2 Å². The zero-order valence-electron chi connectivity index (χ0n) is 11.5. The van der Waals surface area contributed by atoms with Gasteiger partial charge in [0.25, 0.3) is 10.0 Å². The lowest BCUT2D eigenvalue weighted by Crippen LogP contribution is -2.12. The minimum Gasteiger partial charge on any atom is -0.280 e. The van der Waals surface area contributed by atoms with Crippen LogP contribution in [0, 0.1) is 0 Å². The highest BCUT2D eigenvalue weighted by atomic mass is 32.2. The van der Waals surface area contributed by atoms with Gasteiger partial charge in [0.2, 0.25) is 0 Å². The molecule has 106 valence electrons. The standard InChI is InChI=1S/C16H19NO2S/c1-2-3-7-14-10-12-16(13-11-14)20(18,19)17-15-8-5-4-6-9-15/h4-6,8-13,17H,2-3,7H2,1H3. The maximum atomic E-state index is 12.2. The molecule has 2 rings (SSSR count). The van der Waals surface area contributed by atoms with Crippen molar-refractivity contribution >= 4 is 15.7 Å². The minimum absolute atomic E-state index is 0.293. The molecule has 0 bridgehead atoms. The number of anilines is 1. The third-order valence-corrected chi connectivity index (χ3v) is 4.48. The van der Waals surface area contributed by atoms with E-state index in [1.807, 2.05) is 18.2 Å². The summed E-state index contributed by atoms with van der Waals surface area (Å²) in [7, 11) is -3.50. The maximum Gasteiger partial charge on any atom is 0.261 e. The second kappa shape index (κ2) is 6.57. The highest BCUT2D eigenvalue weighted by molar-refractivity contribution is 7.92. The van der Waals surface area contributed by atoms with Crippen molar-refractivity contribution in [2.75, 3.05) is 4.72 Å². The Balaban J connectivity index is 2.13. The first kappa shape index (κ1) is 14.6. The average molecular weight is 289 g/mol. The molecule has 2 aromatic rings. The molecule has 1 N–H and O–H groups in total. The molecule has 0 spiro atoms. The molecule has 0 atom stereocenters. The van der Waals surface area contributed by atoms with Crippen molar-refractivity contribution in [1.29, 1.82) is 0 Å². The van der Waals surface area contributed by atoms with Crippen LogP contribution in [0.3, 0.4) is 0 Å². The Bertz CT molecular complexity index is 634. The van der Waals surface area contributed by atoms with Gasteiger partial charge in [0, 0.05) is 5.69 Å². The monoisotopic (exact) mass is 289 g/mol. The van der Waals surface area contributed by atoms with E-state index < -0.39 is 10.0 Å². The van der Waals surface area contributed by atoms with Crippen molar-refractivity contribution in [3.8, 4) is 0 Å². The maximum absolute atomic E-state index is 12.2. The van der Waals surface area contributed by atoms with Crippen LogP contribution in [0.5, 0.6) is 0 Å². The van der Waals surface area contributed by atoms with Gasteiger partial charge in [0.05, 0.1) is 4.90 Å². The highest BCUT2D eigenvalue weighted by Gasteiger charge is 2.13. The normalized spacial score (nSPS) is 11.2. The Morgan fingerprint density at radius 3 is 2.20 bits per heavy atom. The van der Waals surface area contributed by atoms with Crippen LogP contribution < -0.4 is 4.72 Å². The summed E-state index contributed by atoms with van der Waals surface area (Å²) in [5.41, 5.74) is 1.74. The molecule has 2 aromatic carbocycles. The summed E-state index contributed by atoms with van der Waals surface area (Å²) in [5.74, 6) is 0. The van der Waals surface area contributed by atoms with Crippen LogP contribution in [0.1, 0.15) is 25.3 Å². The number of aryl methyl sites for hydroxylation is 1. The van der Waals surface area contributed by atoms with Crippen molar-refractivity contribution in [1.82, 2.24) is 0 Å². The fourth-order valence-electron chi connectivity index (χ4n) is 1.94. The number of unbranched alkanes of at least 4 members (excludes halogenated alkanes) is 1. The SMILES string of the molecule is CCCCc1ccc(S(=O)(=O)Nc2ccccc2)cc1. The summed E-state index contributed by atoms with van der Waals surface area (Å²) in [6.45, 7) is 2.14. The summed E-state index contributed by atoms with van der Waals surface area (Å²) in [6, 6.07) is 16.0. The van der Waals surface area contributed by atoms with E-state index in [-0.39, 0.29) is 0 Å². The van der Waals surface area contributed by atoms with E-state index in [1.54, 1.807) is 36.4 Å². The third-order valence-electron chi connectivity index (χ3n) is 3.08. The van der Waals surface area contributed by atoms with Crippen molar-refractivity contribution in [3.63, 3.8) is 0 Å². The summed E-state index contributed by atoms with van der Waals surface area (Å²) in [5, 5.41) is 0. The molecule has 0 fully saturated rings. The fraction of sp³-hybridized carbons (Fsp3) is 0.250. The quantitative estimate of drug-likeness (QED) is 0.878. The van der Waals surface area contributed by atoms with E-state index in [4.69, 9.17) is 0 Å². The van der Waals surface area contributed by atoms with Gasteiger partial charge in [-0.3, -0.25) is 4.72 Å². The van der Waals surface area contributed by atoms with Gasteiger partial charge in [-0.15, -0.1) is 0 Å². The molecule has 0 unspecified atom stereocenters. The first-order valence-corrected chi connectivity index (χ1v) is 8.27. The van der Waals surface area contributed by atoms with Crippen molar-refractivity contribution in [2.24, 2.45) is 0 Å². The summed E-state index contributed by atoms with van der Waals surface area (Å²) in [4.78, 5) is 0.293. The summed E-state index contributed by atoms with van der Waals surface area (Å²) < 4.78 is 27.0. The average Bonchev–Trinajstić information content (AvgIpc) is 2.46. The Hall–Kier alpha value is -1.81. The van der Waals surface area contributed by atoms with Crippen LogP contribution in [0.4, 0.5) is 5.69 Å². The topological polar surface area (TPSA) is 46.2 Å². The molecule has 20 heavy (non-hydrogen) atoms. The van der Waals surface area contributed by atoms with E-state index in [9.17, 15) is 8.42 Å². The van der Waals surface area contributed by atoms with Crippen molar-refractivity contribution < 1.29 is 8.42 Å². The molecule has 0 radical (unpaired) electrons. The second-order valence-corrected chi connectivity index (χ2v) is 6.40. The van der Waals surface area contributed by atoms with Gasteiger partial charge in [0.15, 0.2) is 0 Å². The van der Waals surface area contributed by atoms with Gasteiger partial charge in [0.1, 0.15) is 0 Å². The Morgan fingerprint density at radius 2 is 1.60 bits per heavy atom. The molecule has 0 aromatic heterocycles. The number of para-hydroxylation sites is 1. The number of hydrogen-bond donors (Lipinski definition) is 1. The molecule has 4 heteroatoms. The molecule has 0 heterocycles. The Kier molecular flexibility index (Phi) is 4.79. The smallest absolute Gasteiger partial charge is 0.261 e. The molecular weight excluding hydrogens is 270 g/mol. The molecular formula is C16H19NO2S. The van der Waals surface area contributed by atoms with Crippen LogP contribution in [-0.2, 0) is 16.4 Å². The van der Waals surface area contributed by atoms with Crippen LogP contribution >= 0.6 is 0 Å². The second-order valence-electron chi connectivity index (χ2n) is 4.72. The van der Waals surface area contributed by atoms with Crippen molar-refractivity contribution in [2.45, 2.75) is 31.1 Å². The molecule has 0 amide bonds. The summed E-state index contributed by atoms with van der Waals surface area (Å²) >= 11 is 0. The molecule has 3 nitrogen and oxygen atoms in total. The number of benzene rings is 2. The predicted octanol–water partition coefficient (Wildman–Crippen LogP) is 3.83. The van der Waals surface area contributed by atoms with E-state index in [0.29, 0.717) is 10.6 Å². The largest absolute Gasteiger partial charge is 0.280 e.